The van der Waals surface area contributed by atoms with Crippen LogP contribution in [0.4, 0.5) is 50.9 Å². The Balaban J connectivity index is -0.000000490. The van der Waals surface area contributed by atoms with E-state index in [0.29, 0.717) is 95.7 Å². The molecule has 0 atom stereocenters. The Morgan fingerprint density at radius 3 is 1.24 bits per heavy atom. The van der Waals surface area contributed by atoms with Gasteiger partial charge in [0.1, 0.15) is 22.9 Å². The molecule has 9 N–H and O–H groups in total. The van der Waals surface area contributed by atoms with Gasteiger partial charge >= 0.3 is 44.6 Å². The minimum absolute atomic E-state index is 0. The minimum Gasteiger partial charge on any atom is -0.504 e. The van der Waals surface area contributed by atoms with Crippen molar-refractivity contribution in [3.8, 4) is 51.2 Å². The zero-order valence-corrected chi connectivity index (χ0v) is 82.8. The molecule has 14 rings (SSSR count). The topological polar surface area (TPSA) is 480 Å². The summed E-state index contributed by atoms with van der Waals surface area (Å²) < 4.78 is 171. The van der Waals surface area contributed by atoms with Crippen LogP contribution in [0.5, 0.6) is 28.7 Å². The first-order valence-electron chi connectivity index (χ1n) is 36.8. The summed E-state index contributed by atoms with van der Waals surface area (Å²) in [6, 6.07) is 14.2. The second-order valence-electron chi connectivity index (χ2n) is 26.4. The monoisotopic (exact) mass is 2300 g/mol. The van der Waals surface area contributed by atoms with Crippen LogP contribution < -0.4 is 58.7 Å². The molecule has 13 aromatic rings. The maximum atomic E-state index is 12.9. The maximum Gasteiger partial charge on any atom is 0.573 e. The summed E-state index contributed by atoms with van der Waals surface area (Å²) in [6.07, 6.45) is -0.219. The average Bonchev–Trinajstić information content (AvgIpc) is 1.62. The molecule has 11 heterocycles. The van der Waals surface area contributed by atoms with Crippen LogP contribution in [0.25, 0.3) is 55.8 Å². The second kappa shape index (κ2) is 58.8. The molecule has 1 fully saturated rings. The number of nitrogens with one attached hydrogen (secondary N) is 3. The Hall–Kier alpha value is -9.96. The van der Waals surface area contributed by atoms with Gasteiger partial charge < -0.3 is 107 Å². The van der Waals surface area contributed by atoms with Gasteiger partial charge in [-0.3, -0.25) is 52.6 Å². The fraction of sp³-hybridized carbons (Fsp3) is 0.349. The van der Waals surface area contributed by atoms with Gasteiger partial charge in [-0.1, -0.05) is 63.1 Å². The molecule has 1 saturated heterocycles. The quantitative estimate of drug-likeness (QED) is 0.0118. The van der Waals surface area contributed by atoms with E-state index >= 15 is 0 Å². The first-order chi connectivity index (χ1) is 59.2. The molecule has 1 aliphatic rings. The second-order valence-corrected chi connectivity index (χ2v) is 29.8. The summed E-state index contributed by atoms with van der Waals surface area (Å²) in [5, 5.41) is 53.7. The van der Waals surface area contributed by atoms with Crippen molar-refractivity contribution in [2.24, 2.45) is 14.1 Å². The maximum absolute atomic E-state index is 12.9. The largest absolute Gasteiger partial charge is 0.573 e. The van der Waals surface area contributed by atoms with Gasteiger partial charge in [0.05, 0.1) is 40.2 Å². The number of fused-ring (bicyclic) bond motifs is 3. The van der Waals surface area contributed by atoms with Crippen molar-refractivity contribution in [3.05, 3.63) is 241 Å². The van der Waals surface area contributed by atoms with Gasteiger partial charge in [-0.05, 0) is 178 Å². The van der Waals surface area contributed by atoms with Crippen molar-refractivity contribution in [2.45, 2.75) is 163 Å². The van der Waals surface area contributed by atoms with Crippen LogP contribution in [0, 0.1) is 45.7 Å². The summed E-state index contributed by atoms with van der Waals surface area (Å²) in [4.78, 5) is 86.1. The molecule has 1 aliphatic heterocycles. The molecule has 0 saturated carbocycles. The number of ether oxygens (including phenoxy) is 6. The molecule has 0 unspecified atom stereocenters. The Bertz CT molecular complexity index is 6170. The fourth-order valence-corrected chi connectivity index (χ4v) is 11.9. The molecule has 137 heavy (non-hydrogen) atoms. The molecule has 54 heteroatoms. The van der Waals surface area contributed by atoms with E-state index in [1.54, 1.807) is 68.9 Å². The number of halogens is 14. The smallest absolute Gasteiger partial charge is 0.504 e. The van der Waals surface area contributed by atoms with Gasteiger partial charge in [0.2, 0.25) is 5.75 Å². The van der Waals surface area contributed by atoms with Gasteiger partial charge in [-0.2, -0.15) is 10.2 Å². The zero-order chi connectivity index (χ0) is 95.3. The molecule has 0 aliphatic carbocycles. The van der Waals surface area contributed by atoms with Crippen LogP contribution in [0.15, 0.2) is 184 Å². The van der Waals surface area contributed by atoms with Gasteiger partial charge in [-0.15, -0.1) is 51.9 Å². The van der Waals surface area contributed by atoms with E-state index in [2.05, 4.69) is 118 Å². The first kappa shape index (κ1) is 136. The molecule has 36 nitrogen and oxygen atoms in total. The molecule has 3 aromatic carbocycles. The number of oxazole rings is 3. The van der Waals surface area contributed by atoms with Crippen LogP contribution in [-0.2, 0) is 74.7 Å². The third-order valence-corrected chi connectivity index (χ3v) is 19.0. The van der Waals surface area contributed by atoms with E-state index in [1.807, 2.05) is 75.6 Å². The molecule has 0 amide bonds. The number of nitro groups is 1. The molecule has 758 valence electrons. The molecule has 0 bridgehead atoms. The van der Waals surface area contributed by atoms with Crippen molar-refractivity contribution >= 4 is 146 Å². The predicted octanol–water partition coefficient (Wildman–Crippen LogP) is 18.6. The third kappa shape index (κ3) is 39.0. The molecule has 2 radical (unpaired) electrons. The van der Waals surface area contributed by atoms with Crippen molar-refractivity contribution in [3.63, 3.8) is 0 Å². The first-order valence-corrected chi connectivity index (χ1v) is 40.0. The molecular weight excluding hydrogens is 2190 g/mol. The van der Waals surface area contributed by atoms with Crippen LogP contribution in [-0.4, -0.2) is 154 Å². The van der Waals surface area contributed by atoms with Crippen LogP contribution in [0.1, 0.15) is 124 Å². The molecular formula is C83H108B2Br4ClF9N14O22V2-2. The third-order valence-electron chi connectivity index (χ3n) is 16.6. The number of nitrogen functional groups attached to an aromatic ring is 1. The minimum atomic E-state index is -4.79. The Labute approximate surface area is 846 Å². The summed E-state index contributed by atoms with van der Waals surface area (Å²) >= 11 is 12.3. The number of pyridine rings is 5. The predicted molar refractivity (Wildman–Crippen MR) is 513 cm³/mol. The number of aromatic nitrogens is 12. The van der Waals surface area contributed by atoms with Gasteiger partial charge in [0.25, 0.3) is 28.2 Å². The number of alkyl halides is 9. The van der Waals surface area contributed by atoms with Gasteiger partial charge in [0.15, 0.2) is 56.7 Å². The van der Waals surface area contributed by atoms with E-state index in [0.717, 1.165) is 60.2 Å². The summed E-state index contributed by atoms with van der Waals surface area (Å²) in [6.45, 7) is 26.4. The normalized spacial score (nSPS) is 11.6. The number of aryl methyl sites for hydroxylation is 5. The average molecular weight is 2300 g/mol. The molecule has 0 spiro atoms. The number of hydrogen-bond donors (Lipinski definition) is 8. The standard InChI is InChI=1S/C18H13F3N4O3.C14H8BrF3N2O3.C10H17BN2O2.C8H18O3.C7H6BF3O3.C7H5BrN2O2.C5H3BrN2O4.C5H5BrN2O2.C2H6.5CH4.2CH3.ClH.2V/c1-10-23-15-16(27-10)14(11-7-22-24(2)8-11)9-25(17(15)26)12-3-5-13(6-4-12)28-18(19,20)21;1-7-19-11-12(22-7)10(15)6-20(13(11)21)8-2-4-9(5-3-8)23-14(16,17)18;1-9(2)10(3,4)15-11(14-9)8-6-12-13(5)7-8;1-5-9-8(4,10-6-2)11-7-3;9-7(10,11)14-6-3-1-5(2-4-6)8(12)13;1-3-10-5-6(12-3)4(8)2-9-7(5)11;6-2-1-7-5(10)3(4(2)9)8(11)12;6-2-1-8-5(10)3(7)4(2)9;1-2;;;;;;;;;;/h3-9H,1-2H3;2-6H,1H3;6-7H,1-5H3;5-7H2,1-4H3;1-4,12-13H;2H,1H3,(H,9,11);1H,(H2,7,9,10);1H,7H2,(H2,8,9,10);1-2H3;5*1H4;2*1H3;1H;;/q;;;;;;;;;;;;;;2*-1;;;. The van der Waals surface area contributed by atoms with Crippen LogP contribution >= 0.6 is 76.1 Å². The number of benzene rings is 3. The van der Waals surface area contributed by atoms with Crippen molar-refractivity contribution in [2.75, 3.05) is 25.6 Å². The Morgan fingerprint density at radius 2 is 0.883 bits per heavy atom. The summed E-state index contributed by atoms with van der Waals surface area (Å²) in [5.74, 6) is -1.73. The van der Waals surface area contributed by atoms with Gasteiger partial charge in [0, 0.05) is 176 Å². The van der Waals surface area contributed by atoms with E-state index < -0.39 is 76.5 Å². The number of aromatic hydroxyl groups is 2. The number of aromatic amines is 3. The van der Waals surface area contributed by atoms with Crippen molar-refractivity contribution < 1.29 is 153 Å². The number of hydrogen-bond acceptors (Lipinski definition) is 28. The summed E-state index contributed by atoms with van der Waals surface area (Å²) in [7, 11) is 1.63. The van der Waals surface area contributed by atoms with Gasteiger partial charge in [-0.25, -0.2) is 15.0 Å². The van der Waals surface area contributed by atoms with E-state index in [9.17, 15) is 73.6 Å². The van der Waals surface area contributed by atoms with Crippen molar-refractivity contribution in [1.29, 1.82) is 0 Å². The zero-order valence-electron chi connectivity index (χ0n) is 72.8. The fourth-order valence-electron chi connectivity index (χ4n) is 10.4. The summed E-state index contributed by atoms with van der Waals surface area (Å²) in [5.41, 5.74) is 5.82. The number of H-pyrrole nitrogens is 3. The van der Waals surface area contributed by atoms with Crippen LogP contribution in [0.3, 0.4) is 0 Å². The number of rotatable bonds is 15. The SMILES string of the molecule is C.C.C.C.C.CC.CCOC(C)(OCC)OCC.Cc1nc2c(=O)[nH]cc(Br)c2o1.Cc1nc2c(=O)n(-c3ccc(OC(F)(F)F)cc3)cc(-c3cnn(C)c3)c2o1.Cc1nc2c(=O)n(-c3ccc(OC(F)(F)F)cc3)cc(Br)c2o1.Cl.Cn1cc(B2OC(C)(C)C(C)(C)O2)cn1.Nc1c(O)c(Br)c[nH]c1=O.O=c1[nH]cc(Br)c(O)c1[N+](=O)[O-].OB(O)c1ccc(OC(F)(F)F)cc1.[CH3-].[CH3-].[V].[V]. The molecule has 10 aromatic heterocycles. The van der Waals surface area contributed by atoms with E-state index in [1.165, 1.54) is 52.0 Å². The van der Waals surface area contributed by atoms with Crippen molar-refractivity contribution in [1.82, 2.24) is 58.6 Å². The Morgan fingerprint density at radius 1 is 0.533 bits per heavy atom. The van der Waals surface area contributed by atoms with Crippen LogP contribution in [0.2, 0.25) is 0 Å². The number of anilines is 1. The number of nitrogens with two attached hydrogens (primary N) is 1. The Kier molecular flexibility index (Phi) is 58.2. The van der Waals surface area contributed by atoms with E-state index in [-0.39, 0.29) is 169 Å². The number of nitrogens with zero attached hydrogens (tertiary/aromatic N) is 10. The van der Waals surface area contributed by atoms with E-state index in [4.69, 9.17) is 62.8 Å².